The van der Waals surface area contributed by atoms with Gasteiger partial charge in [-0.25, -0.2) is 4.98 Å². The van der Waals surface area contributed by atoms with Gasteiger partial charge >= 0.3 is 0 Å². The molecule has 0 aliphatic rings. The van der Waals surface area contributed by atoms with E-state index < -0.39 is 0 Å². The van der Waals surface area contributed by atoms with Gasteiger partial charge in [-0.2, -0.15) is 0 Å². The lowest BCUT2D eigenvalue weighted by molar-refractivity contribution is 0.442. The molecule has 0 aliphatic heterocycles. The zero-order chi connectivity index (χ0) is 13.3. The lowest BCUT2D eigenvalue weighted by Gasteiger charge is -2.20. The lowest BCUT2D eigenvalue weighted by Crippen LogP contribution is -2.32. The van der Waals surface area contributed by atoms with Crippen molar-refractivity contribution in [2.75, 3.05) is 7.05 Å². The summed E-state index contributed by atoms with van der Waals surface area (Å²) in [5.74, 6) is 0. The molecule has 0 fully saturated rings. The highest BCUT2D eigenvalue weighted by Crippen LogP contribution is 2.30. The summed E-state index contributed by atoms with van der Waals surface area (Å²) in [6.07, 6.45) is 0. The van der Waals surface area contributed by atoms with E-state index in [2.05, 4.69) is 56.6 Å². The summed E-state index contributed by atoms with van der Waals surface area (Å²) < 4.78 is 0. The Morgan fingerprint density at radius 2 is 1.94 bits per heavy atom. The maximum atomic E-state index is 4.78. The molecule has 2 aromatic rings. The van der Waals surface area contributed by atoms with Gasteiger partial charge in [0.1, 0.15) is 5.01 Å². The highest BCUT2D eigenvalue weighted by atomic mass is 32.1. The molecule has 3 heteroatoms. The van der Waals surface area contributed by atoms with Crippen molar-refractivity contribution in [2.24, 2.45) is 0 Å². The Morgan fingerprint density at radius 3 is 2.61 bits per heavy atom. The van der Waals surface area contributed by atoms with Crippen LogP contribution in [0.1, 0.15) is 30.0 Å². The lowest BCUT2D eigenvalue weighted by atomic mass is 10.0. The van der Waals surface area contributed by atoms with Gasteiger partial charge in [-0.05, 0) is 46.4 Å². The Labute approximate surface area is 113 Å². The van der Waals surface area contributed by atoms with Gasteiger partial charge in [0, 0.05) is 10.9 Å². The van der Waals surface area contributed by atoms with Gasteiger partial charge in [0.05, 0.1) is 11.2 Å². The summed E-state index contributed by atoms with van der Waals surface area (Å²) in [7, 11) is 1.97. The summed E-state index contributed by atoms with van der Waals surface area (Å²) in [6, 6.07) is 6.51. The fourth-order valence-corrected chi connectivity index (χ4v) is 2.75. The van der Waals surface area contributed by atoms with Crippen LogP contribution in [0.3, 0.4) is 0 Å². The van der Waals surface area contributed by atoms with Crippen LogP contribution in [-0.4, -0.2) is 12.0 Å². The van der Waals surface area contributed by atoms with Crippen LogP contribution >= 0.6 is 11.3 Å². The summed E-state index contributed by atoms with van der Waals surface area (Å²) in [6.45, 7) is 8.56. The Hall–Kier alpha value is -1.19. The maximum absolute atomic E-state index is 4.78. The summed E-state index contributed by atoms with van der Waals surface area (Å²) in [4.78, 5) is 4.78. The molecule has 0 amide bonds. The molecule has 1 heterocycles. The summed E-state index contributed by atoms with van der Waals surface area (Å²) >= 11 is 1.72. The number of aryl methyl sites for hydroxylation is 2. The van der Waals surface area contributed by atoms with Crippen molar-refractivity contribution in [3.05, 3.63) is 39.7 Å². The third-order valence-corrected chi connectivity index (χ3v) is 4.50. The van der Waals surface area contributed by atoms with Crippen molar-refractivity contribution < 1.29 is 0 Å². The van der Waals surface area contributed by atoms with Crippen LogP contribution in [0.2, 0.25) is 0 Å². The second-order valence-corrected chi connectivity index (χ2v) is 6.09. The van der Waals surface area contributed by atoms with Crippen molar-refractivity contribution in [3.8, 4) is 11.3 Å². The minimum atomic E-state index is -0.0688. The number of rotatable bonds is 3. The molecular formula is C15H20N2S. The highest BCUT2D eigenvalue weighted by Gasteiger charge is 2.22. The van der Waals surface area contributed by atoms with E-state index in [-0.39, 0.29) is 5.54 Å². The molecule has 96 valence electrons. The number of hydrogen-bond donors (Lipinski definition) is 1. The van der Waals surface area contributed by atoms with Crippen molar-refractivity contribution in [3.63, 3.8) is 0 Å². The van der Waals surface area contributed by atoms with Gasteiger partial charge in [-0.15, -0.1) is 11.3 Å². The molecule has 0 saturated heterocycles. The van der Waals surface area contributed by atoms with Crippen molar-refractivity contribution in [1.29, 1.82) is 0 Å². The fraction of sp³-hybridized carbons (Fsp3) is 0.400. The first kappa shape index (κ1) is 13.2. The van der Waals surface area contributed by atoms with Gasteiger partial charge in [0.2, 0.25) is 0 Å². The second-order valence-electron chi connectivity index (χ2n) is 5.23. The number of aromatic nitrogens is 1. The van der Waals surface area contributed by atoms with Crippen LogP contribution in [0.15, 0.2) is 23.6 Å². The predicted molar refractivity (Wildman–Crippen MR) is 79.1 cm³/mol. The molecule has 0 radical (unpaired) electrons. The topological polar surface area (TPSA) is 24.9 Å². The minimum Gasteiger partial charge on any atom is -0.309 e. The first-order chi connectivity index (χ1) is 8.44. The van der Waals surface area contributed by atoms with Crippen LogP contribution < -0.4 is 5.32 Å². The first-order valence-electron chi connectivity index (χ1n) is 6.16. The smallest absolute Gasteiger partial charge is 0.113 e. The second kappa shape index (κ2) is 4.82. The molecule has 1 aromatic heterocycles. The number of hydrogen-bond acceptors (Lipinski definition) is 3. The molecule has 0 spiro atoms. The van der Waals surface area contributed by atoms with Crippen LogP contribution in [0.4, 0.5) is 0 Å². The predicted octanol–water partition coefficient (Wildman–Crippen LogP) is 3.88. The number of thiazole rings is 1. The van der Waals surface area contributed by atoms with E-state index in [9.17, 15) is 0 Å². The highest BCUT2D eigenvalue weighted by molar-refractivity contribution is 7.10. The third kappa shape index (κ3) is 2.47. The molecular weight excluding hydrogens is 240 g/mol. The fourth-order valence-electron chi connectivity index (χ4n) is 1.80. The normalized spacial score (nSPS) is 11.8. The molecule has 1 aromatic carbocycles. The zero-order valence-corrected chi connectivity index (χ0v) is 12.5. The minimum absolute atomic E-state index is 0.0688. The van der Waals surface area contributed by atoms with Crippen molar-refractivity contribution in [1.82, 2.24) is 10.3 Å². The van der Waals surface area contributed by atoms with E-state index in [1.165, 1.54) is 16.7 Å². The van der Waals surface area contributed by atoms with E-state index in [4.69, 9.17) is 4.98 Å². The van der Waals surface area contributed by atoms with E-state index in [1.807, 2.05) is 7.05 Å². The largest absolute Gasteiger partial charge is 0.309 e. The number of nitrogens with one attached hydrogen (secondary N) is 1. The van der Waals surface area contributed by atoms with E-state index in [0.29, 0.717) is 0 Å². The van der Waals surface area contributed by atoms with E-state index in [0.717, 1.165) is 10.7 Å². The van der Waals surface area contributed by atoms with Crippen molar-refractivity contribution >= 4 is 11.3 Å². The molecule has 1 N–H and O–H groups in total. The van der Waals surface area contributed by atoms with E-state index in [1.54, 1.807) is 11.3 Å². The van der Waals surface area contributed by atoms with Crippen LogP contribution in [0, 0.1) is 13.8 Å². The third-order valence-electron chi connectivity index (χ3n) is 3.33. The van der Waals surface area contributed by atoms with Crippen LogP contribution in [-0.2, 0) is 5.54 Å². The Morgan fingerprint density at radius 1 is 1.22 bits per heavy atom. The summed E-state index contributed by atoms with van der Waals surface area (Å²) in [5, 5.41) is 6.57. The monoisotopic (exact) mass is 260 g/mol. The molecule has 0 unspecified atom stereocenters. The Kier molecular flexibility index (Phi) is 3.55. The maximum Gasteiger partial charge on any atom is 0.113 e. The van der Waals surface area contributed by atoms with Gasteiger partial charge in [0.15, 0.2) is 0 Å². The molecule has 2 rings (SSSR count). The zero-order valence-electron chi connectivity index (χ0n) is 11.7. The Balaban J connectivity index is 2.44. The average molecular weight is 260 g/mol. The van der Waals surface area contributed by atoms with Gasteiger partial charge < -0.3 is 5.32 Å². The van der Waals surface area contributed by atoms with Gasteiger partial charge in [-0.3, -0.25) is 0 Å². The average Bonchev–Trinajstić information content (AvgIpc) is 2.82. The SMILES string of the molecule is CNC(C)(C)c1nc(-c2cc(C)ccc2C)cs1. The molecule has 0 bridgehead atoms. The molecule has 0 atom stereocenters. The number of nitrogens with zero attached hydrogens (tertiary/aromatic N) is 1. The molecule has 0 saturated carbocycles. The molecule has 0 aliphatic carbocycles. The Bertz CT molecular complexity index is 555. The van der Waals surface area contributed by atoms with Crippen molar-refractivity contribution in [2.45, 2.75) is 33.2 Å². The van der Waals surface area contributed by atoms with Gasteiger partial charge in [-0.1, -0.05) is 17.7 Å². The van der Waals surface area contributed by atoms with Gasteiger partial charge in [0.25, 0.3) is 0 Å². The van der Waals surface area contributed by atoms with Crippen LogP contribution in [0.5, 0.6) is 0 Å². The molecule has 18 heavy (non-hydrogen) atoms. The number of benzene rings is 1. The van der Waals surface area contributed by atoms with Crippen LogP contribution in [0.25, 0.3) is 11.3 Å². The molecule has 2 nitrogen and oxygen atoms in total. The van der Waals surface area contributed by atoms with E-state index >= 15 is 0 Å². The first-order valence-corrected chi connectivity index (χ1v) is 7.04. The quantitative estimate of drug-likeness (QED) is 0.906. The summed E-state index contributed by atoms with van der Waals surface area (Å²) in [5.41, 5.74) is 4.81. The standard InChI is InChI=1S/C15H20N2S/c1-10-6-7-11(2)12(8-10)13-9-18-14(17-13)15(3,4)16-5/h6-9,16H,1-5H3.